The summed E-state index contributed by atoms with van der Waals surface area (Å²) in [6.07, 6.45) is 5.13. The quantitative estimate of drug-likeness (QED) is 0.626. The minimum absolute atomic E-state index is 0.579. The van der Waals surface area contributed by atoms with Crippen molar-refractivity contribution in [1.82, 2.24) is 15.5 Å². The van der Waals surface area contributed by atoms with Crippen molar-refractivity contribution in [2.45, 2.75) is 51.2 Å². The second-order valence-corrected chi connectivity index (χ2v) is 6.39. The van der Waals surface area contributed by atoms with Crippen LogP contribution in [0, 0.1) is 0 Å². The van der Waals surface area contributed by atoms with E-state index in [-0.39, 0.29) is 0 Å². The average Bonchev–Trinajstić information content (AvgIpc) is 3.25. The lowest BCUT2D eigenvalue weighted by Crippen LogP contribution is -2.40. The monoisotopic (exact) mass is 300 g/mol. The molecule has 1 saturated heterocycles. The first-order valence-electron chi connectivity index (χ1n) is 8.68. The number of hydrogen-bond acceptors (Lipinski definition) is 2. The zero-order valence-corrected chi connectivity index (χ0v) is 13.6. The van der Waals surface area contributed by atoms with Crippen LogP contribution in [0.2, 0.25) is 0 Å². The lowest BCUT2D eigenvalue weighted by Gasteiger charge is -2.23. The Morgan fingerprint density at radius 1 is 1.23 bits per heavy atom. The lowest BCUT2D eigenvalue weighted by atomic mass is 10.2. The highest BCUT2D eigenvalue weighted by atomic mass is 15.2. The van der Waals surface area contributed by atoms with Gasteiger partial charge in [-0.15, -0.1) is 0 Å². The molecule has 1 saturated carbocycles. The fraction of sp³-hybridized carbons (Fsp3) is 0.611. The second-order valence-electron chi connectivity index (χ2n) is 6.39. The van der Waals surface area contributed by atoms with E-state index in [4.69, 9.17) is 4.99 Å². The van der Waals surface area contributed by atoms with Crippen LogP contribution in [0.1, 0.15) is 38.2 Å². The van der Waals surface area contributed by atoms with Gasteiger partial charge in [0.25, 0.3) is 0 Å². The number of nitrogens with zero attached hydrogens (tertiary/aromatic N) is 2. The van der Waals surface area contributed by atoms with Crippen molar-refractivity contribution in [3.8, 4) is 0 Å². The highest BCUT2D eigenvalue weighted by molar-refractivity contribution is 5.80. The molecule has 1 unspecified atom stereocenters. The van der Waals surface area contributed by atoms with Crippen LogP contribution in [-0.4, -0.2) is 42.6 Å². The summed E-state index contributed by atoms with van der Waals surface area (Å²) in [5.74, 6) is 0.997. The highest BCUT2D eigenvalue weighted by Crippen LogP contribution is 2.21. The van der Waals surface area contributed by atoms with Crippen molar-refractivity contribution in [3.63, 3.8) is 0 Å². The molecule has 2 N–H and O–H groups in total. The Bertz CT molecular complexity index is 481. The van der Waals surface area contributed by atoms with Gasteiger partial charge in [0.15, 0.2) is 5.96 Å². The third-order valence-corrected chi connectivity index (χ3v) is 4.45. The van der Waals surface area contributed by atoms with Crippen LogP contribution < -0.4 is 10.6 Å². The Hall–Kier alpha value is -1.55. The van der Waals surface area contributed by atoms with E-state index in [1.54, 1.807) is 0 Å². The predicted octanol–water partition coefficient (Wildman–Crippen LogP) is 2.37. The molecule has 2 fully saturated rings. The van der Waals surface area contributed by atoms with Crippen molar-refractivity contribution in [1.29, 1.82) is 0 Å². The van der Waals surface area contributed by atoms with E-state index in [1.165, 1.54) is 37.8 Å². The summed E-state index contributed by atoms with van der Waals surface area (Å²) in [7, 11) is 0. The fourth-order valence-corrected chi connectivity index (χ4v) is 3.07. The topological polar surface area (TPSA) is 39.7 Å². The molecule has 120 valence electrons. The van der Waals surface area contributed by atoms with E-state index in [2.05, 4.69) is 52.8 Å². The SMILES string of the molecule is CCNC(=NCC1CCCN1Cc1ccccc1)NC1CC1. The number of likely N-dealkylation sites (tertiary alicyclic amines) is 1. The zero-order chi connectivity index (χ0) is 15.2. The number of benzene rings is 1. The smallest absolute Gasteiger partial charge is 0.191 e. The van der Waals surface area contributed by atoms with Gasteiger partial charge in [-0.25, -0.2) is 0 Å². The van der Waals surface area contributed by atoms with Crippen LogP contribution >= 0.6 is 0 Å². The molecule has 4 heteroatoms. The maximum absolute atomic E-state index is 4.82. The van der Waals surface area contributed by atoms with Gasteiger partial charge in [0.05, 0.1) is 6.54 Å². The van der Waals surface area contributed by atoms with Crippen LogP contribution in [-0.2, 0) is 6.54 Å². The molecule has 1 aliphatic carbocycles. The molecule has 0 spiro atoms. The maximum atomic E-state index is 4.82. The largest absolute Gasteiger partial charge is 0.357 e. The molecule has 0 bridgehead atoms. The maximum Gasteiger partial charge on any atom is 0.191 e. The summed E-state index contributed by atoms with van der Waals surface area (Å²) in [5.41, 5.74) is 1.40. The first-order valence-corrected chi connectivity index (χ1v) is 8.68. The van der Waals surface area contributed by atoms with E-state index in [9.17, 15) is 0 Å². The minimum Gasteiger partial charge on any atom is -0.357 e. The third-order valence-electron chi connectivity index (χ3n) is 4.45. The van der Waals surface area contributed by atoms with Gasteiger partial charge >= 0.3 is 0 Å². The third kappa shape index (κ3) is 4.47. The number of nitrogens with one attached hydrogen (secondary N) is 2. The number of hydrogen-bond donors (Lipinski definition) is 2. The van der Waals surface area contributed by atoms with Crippen LogP contribution in [0.3, 0.4) is 0 Å². The molecular weight excluding hydrogens is 272 g/mol. The van der Waals surface area contributed by atoms with E-state index in [0.717, 1.165) is 25.6 Å². The van der Waals surface area contributed by atoms with Gasteiger partial charge in [-0.1, -0.05) is 30.3 Å². The van der Waals surface area contributed by atoms with E-state index >= 15 is 0 Å². The second kappa shape index (κ2) is 7.63. The van der Waals surface area contributed by atoms with Crippen LogP contribution in [0.5, 0.6) is 0 Å². The van der Waals surface area contributed by atoms with Gasteiger partial charge in [-0.2, -0.15) is 0 Å². The number of rotatable bonds is 6. The number of aliphatic imine (C=N–C) groups is 1. The molecule has 1 atom stereocenters. The fourth-order valence-electron chi connectivity index (χ4n) is 3.07. The first-order chi connectivity index (χ1) is 10.8. The molecule has 3 rings (SSSR count). The Morgan fingerprint density at radius 2 is 2.05 bits per heavy atom. The molecule has 2 aliphatic rings. The highest BCUT2D eigenvalue weighted by Gasteiger charge is 2.25. The molecule has 22 heavy (non-hydrogen) atoms. The van der Waals surface area contributed by atoms with E-state index in [0.29, 0.717) is 12.1 Å². The zero-order valence-electron chi connectivity index (χ0n) is 13.6. The Labute approximate surface area is 134 Å². The van der Waals surface area contributed by atoms with Crippen molar-refractivity contribution in [2.75, 3.05) is 19.6 Å². The van der Waals surface area contributed by atoms with Gasteiger partial charge in [0.2, 0.25) is 0 Å². The van der Waals surface area contributed by atoms with Crippen molar-refractivity contribution in [2.24, 2.45) is 4.99 Å². The predicted molar refractivity (Wildman–Crippen MR) is 92.0 cm³/mol. The van der Waals surface area contributed by atoms with E-state index < -0.39 is 0 Å². The van der Waals surface area contributed by atoms with Crippen molar-refractivity contribution in [3.05, 3.63) is 35.9 Å². The van der Waals surface area contributed by atoms with Gasteiger partial charge in [0.1, 0.15) is 0 Å². The first kappa shape index (κ1) is 15.3. The molecule has 0 aromatic heterocycles. The lowest BCUT2D eigenvalue weighted by molar-refractivity contribution is 0.250. The molecule has 0 amide bonds. The summed E-state index contributed by atoms with van der Waals surface area (Å²) < 4.78 is 0. The number of guanidine groups is 1. The Kier molecular flexibility index (Phi) is 5.33. The van der Waals surface area contributed by atoms with E-state index in [1.807, 2.05) is 0 Å². The minimum atomic E-state index is 0.579. The molecule has 1 aromatic rings. The summed E-state index contributed by atoms with van der Waals surface area (Å²) in [5, 5.41) is 6.86. The van der Waals surface area contributed by atoms with Crippen LogP contribution in [0.15, 0.2) is 35.3 Å². The average molecular weight is 300 g/mol. The van der Waals surface area contributed by atoms with Gasteiger partial charge in [0, 0.05) is 25.2 Å². The normalized spacial score (nSPS) is 22.8. The summed E-state index contributed by atoms with van der Waals surface area (Å²) in [6.45, 7) is 6.20. The van der Waals surface area contributed by atoms with Gasteiger partial charge in [-0.3, -0.25) is 9.89 Å². The summed E-state index contributed by atoms with van der Waals surface area (Å²) in [6, 6.07) is 12.0. The molecular formula is C18H28N4. The molecule has 1 aromatic carbocycles. The summed E-state index contributed by atoms with van der Waals surface area (Å²) >= 11 is 0. The van der Waals surface area contributed by atoms with Crippen molar-refractivity contribution < 1.29 is 0 Å². The summed E-state index contributed by atoms with van der Waals surface area (Å²) in [4.78, 5) is 7.40. The standard InChI is InChI=1S/C18H28N4/c1-2-19-18(21-16-10-11-16)20-13-17-9-6-12-22(17)14-15-7-4-3-5-8-15/h3-5,7-8,16-17H,2,6,9-14H2,1H3,(H2,19,20,21). The van der Waals surface area contributed by atoms with Gasteiger partial charge < -0.3 is 10.6 Å². The van der Waals surface area contributed by atoms with Gasteiger partial charge in [-0.05, 0) is 44.7 Å². The molecule has 0 radical (unpaired) electrons. The Balaban J connectivity index is 1.55. The molecule has 1 aliphatic heterocycles. The Morgan fingerprint density at radius 3 is 2.77 bits per heavy atom. The molecule has 4 nitrogen and oxygen atoms in total. The molecule has 1 heterocycles. The van der Waals surface area contributed by atoms with Crippen molar-refractivity contribution >= 4 is 5.96 Å². The van der Waals surface area contributed by atoms with Crippen LogP contribution in [0.25, 0.3) is 0 Å². The van der Waals surface area contributed by atoms with Crippen LogP contribution in [0.4, 0.5) is 0 Å².